The Kier molecular flexibility index (Phi) is 4.83. The summed E-state index contributed by atoms with van der Waals surface area (Å²) in [5.41, 5.74) is 1.09. The highest BCUT2D eigenvalue weighted by molar-refractivity contribution is 8.00. The molecule has 148 valence electrons. The fourth-order valence-corrected chi connectivity index (χ4v) is 4.07. The van der Waals surface area contributed by atoms with E-state index in [2.05, 4.69) is 20.8 Å². The normalized spacial score (nSPS) is 16.1. The van der Waals surface area contributed by atoms with Gasteiger partial charge >= 0.3 is 0 Å². The SMILES string of the molecule is C[C@H](Sc1nnnn1-c1ccccc1)C(=O)N1c2ccccc2NC(=O)C1(C)C. The number of benzene rings is 2. The molecule has 1 atom stereocenters. The fourth-order valence-electron chi connectivity index (χ4n) is 3.22. The maximum atomic E-state index is 13.4. The highest BCUT2D eigenvalue weighted by Crippen LogP contribution is 2.38. The van der Waals surface area contributed by atoms with Crippen LogP contribution in [0, 0.1) is 0 Å². The second-order valence-electron chi connectivity index (χ2n) is 7.17. The Morgan fingerprint density at radius 1 is 1.10 bits per heavy atom. The Hall–Kier alpha value is -3.20. The molecule has 29 heavy (non-hydrogen) atoms. The van der Waals surface area contributed by atoms with Crippen molar-refractivity contribution in [2.24, 2.45) is 0 Å². The molecule has 1 aliphatic rings. The van der Waals surface area contributed by atoms with E-state index in [1.165, 1.54) is 11.8 Å². The minimum atomic E-state index is -1.02. The van der Waals surface area contributed by atoms with Gasteiger partial charge in [-0.2, -0.15) is 4.68 Å². The van der Waals surface area contributed by atoms with Crippen molar-refractivity contribution in [2.75, 3.05) is 10.2 Å². The summed E-state index contributed by atoms with van der Waals surface area (Å²) < 4.78 is 1.59. The van der Waals surface area contributed by atoms with Crippen LogP contribution in [0.2, 0.25) is 0 Å². The van der Waals surface area contributed by atoms with Crippen molar-refractivity contribution in [1.82, 2.24) is 20.2 Å². The quantitative estimate of drug-likeness (QED) is 0.667. The number of carbonyl (C=O) groups is 2. The van der Waals surface area contributed by atoms with E-state index in [-0.39, 0.29) is 11.8 Å². The van der Waals surface area contributed by atoms with E-state index < -0.39 is 10.8 Å². The predicted octanol–water partition coefficient (Wildman–Crippen LogP) is 2.91. The highest BCUT2D eigenvalue weighted by atomic mass is 32.2. The predicted molar refractivity (Wildman–Crippen MR) is 111 cm³/mol. The number of aromatic nitrogens is 4. The van der Waals surface area contributed by atoms with Crippen molar-refractivity contribution >= 4 is 35.0 Å². The number of rotatable bonds is 4. The first-order valence-corrected chi connectivity index (χ1v) is 10.0. The summed E-state index contributed by atoms with van der Waals surface area (Å²) in [5, 5.41) is 14.7. The third-order valence-corrected chi connectivity index (χ3v) is 5.82. The van der Waals surface area contributed by atoms with Crippen LogP contribution in [0.25, 0.3) is 5.69 Å². The van der Waals surface area contributed by atoms with E-state index in [4.69, 9.17) is 0 Å². The van der Waals surface area contributed by atoms with Crippen LogP contribution in [0.1, 0.15) is 20.8 Å². The third-order valence-electron chi connectivity index (χ3n) is 4.80. The summed E-state index contributed by atoms with van der Waals surface area (Å²) in [7, 11) is 0. The summed E-state index contributed by atoms with van der Waals surface area (Å²) in [4.78, 5) is 27.6. The summed E-state index contributed by atoms with van der Waals surface area (Å²) >= 11 is 1.25. The third kappa shape index (κ3) is 3.38. The monoisotopic (exact) mass is 408 g/mol. The molecule has 8 nitrogen and oxygen atoms in total. The lowest BCUT2D eigenvalue weighted by atomic mass is 9.96. The van der Waals surface area contributed by atoms with E-state index in [0.29, 0.717) is 16.5 Å². The maximum absolute atomic E-state index is 13.4. The number of thioether (sulfide) groups is 1. The van der Waals surface area contributed by atoms with Gasteiger partial charge in [0.25, 0.3) is 0 Å². The number of para-hydroxylation sites is 3. The Bertz CT molecular complexity index is 1070. The van der Waals surface area contributed by atoms with Crippen LogP contribution in [-0.4, -0.2) is 42.8 Å². The molecule has 1 N–H and O–H groups in total. The van der Waals surface area contributed by atoms with Gasteiger partial charge in [0, 0.05) is 0 Å². The summed E-state index contributed by atoms with van der Waals surface area (Å²) in [5.74, 6) is -0.416. The second-order valence-corrected chi connectivity index (χ2v) is 8.48. The van der Waals surface area contributed by atoms with Crippen molar-refractivity contribution in [3.8, 4) is 5.69 Å². The number of hydrogen-bond acceptors (Lipinski definition) is 6. The van der Waals surface area contributed by atoms with E-state index in [1.807, 2.05) is 48.5 Å². The molecule has 2 amide bonds. The summed E-state index contributed by atoms with van der Waals surface area (Å²) in [6.45, 7) is 5.27. The number of nitrogens with zero attached hydrogens (tertiary/aromatic N) is 5. The second kappa shape index (κ2) is 7.32. The van der Waals surface area contributed by atoms with Crippen LogP contribution in [0.3, 0.4) is 0 Å². The topological polar surface area (TPSA) is 93.0 Å². The smallest absolute Gasteiger partial charge is 0.250 e. The van der Waals surface area contributed by atoms with Crippen molar-refractivity contribution in [3.63, 3.8) is 0 Å². The Morgan fingerprint density at radius 2 is 1.79 bits per heavy atom. The summed E-state index contributed by atoms with van der Waals surface area (Å²) in [6.07, 6.45) is 0. The zero-order chi connectivity index (χ0) is 20.6. The number of carbonyl (C=O) groups excluding carboxylic acids is 2. The fraction of sp³-hybridized carbons (Fsp3) is 0.250. The van der Waals surface area contributed by atoms with E-state index in [1.54, 1.807) is 36.4 Å². The van der Waals surface area contributed by atoms with E-state index in [9.17, 15) is 9.59 Å². The first-order chi connectivity index (χ1) is 13.9. The van der Waals surface area contributed by atoms with Crippen molar-refractivity contribution < 1.29 is 9.59 Å². The number of hydrogen-bond donors (Lipinski definition) is 1. The maximum Gasteiger partial charge on any atom is 0.250 e. The van der Waals surface area contributed by atoms with Gasteiger partial charge in [-0.05, 0) is 55.5 Å². The van der Waals surface area contributed by atoms with Crippen LogP contribution in [0.15, 0.2) is 59.8 Å². The molecule has 1 aromatic heterocycles. The molecule has 0 aliphatic carbocycles. The molecule has 0 saturated carbocycles. The molecule has 0 fully saturated rings. The van der Waals surface area contributed by atoms with Crippen LogP contribution in [-0.2, 0) is 9.59 Å². The molecule has 2 heterocycles. The number of fused-ring (bicyclic) bond motifs is 1. The largest absolute Gasteiger partial charge is 0.322 e. The van der Waals surface area contributed by atoms with Gasteiger partial charge in [-0.25, -0.2) is 0 Å². The molecule has 0 radical (unpaired) electrons. The van der Waals surface area contributed by atoms with Gasteiger partial charge in [-0.3, -0.25) is 14.5 Å². The lowest BCUT2D eigenvalue weighted by molar-refractivity contribution is -0.126. The van der Waals surface area contributed by atoms with Gasteiger partial charge in [-0.15, -0.1) is 5.10 Å². The van der Waals surface area contributed by atoms with Gasteiger partial charge in [0.2, 0.25) is 17.0 Å². The first kappa shape index (κ1) is 19.1. The standard InChI is InChI=1S/C20H20N6O2S/c1-13(29-19-22-23-24-26(19)14-9-5-4-6-10-14)17(27)25-16-12-8-7-11-15(16)21-18(28)20(25,2)3/h4-13H,1-3H3,(H,21,28)/t13-/m0/s1. The molecule has 0 saturated heterocycles. The van der Waals surface area contributed by atoms with Crippen molar-refractivity contribution in [1.29, 1.82) is 0 Å². The minimum Gasteiger partial charge on any atom is -0.322 e. The molecule has 2 aromatic carbocycles. The van der Waals surface area contributed by atoms with Crippen LogP contribution in [0.5, 0.6) is 0 Å². The lowest BCUT2D eigenvalue weighted by Gasteiger charge is -2.42. The molecule has 0 unspecified atom stereocenters. The average molecular weight is 408 g/mol. The van der Waals surface area contributed by atoms with Gasteiger partial charge in [0.1, 0.15) is 5.54 Å². The molecule has 0 bridgehead atoms. The Labute approximate surface area is 172 Å². The van der Waals surface area contributed by atoms with Crippen LogP contribution < -0.4 is 10.2 Å². The van der Waals surface area contributed by atoms with Crippen LogP contribution >= 0.6 is 11.8 Å². The van der Waals surface area contributed by atoms with Crippen molar-refractivity contribution in [3.05, 3.63) is 54.6 Å². The average Bonchev–Trinajstić information content (AvgIpc) is 3.17. The Morgan fingerprint density at radius 3 is 2.55 bits per heavy atom. The molecule has 9 heteroatoms. The molecule has 4 rings (SSSR count). The number of nitrogens with one attached hydrogen (secondary N) is 1. The van der Waals surface area contributed by atoms with Gasteiger partial charge < -0.3 is 5.32 Å². The van der Waals surface area contributed by atoms with Crippen LogP contribution in [0.4, 0.5) is 11.4 Å². The van der Waals surface area contributed by atoms with Crippen molar-refractivity contribution in [2.45, 2.75) is 36.7 Å². The zero-order valence-electron chi connectivity index (χ0n) is 16.2. The summed E-state index contributed by atoms with van der Waals surface area (Å²) in [6, 6.07) is 16.8. The van der Waals surface area contributed by atoms with Gasteiger partial charge in [0.15, 0.2) is 0 Å². The molecule has 3 aromatic rings. The number of amides is 2. The molecular formula is C20H20N6O2S. The minimum absolute atomic E-state index is 0.190. The highest BCUT2D eigenvalue weighted by Gasteiger charge is 2.45. The lowest BCUT2D eigenvalue weighted by Crippen LogP contribution is -2.60. The van der Waals surface area contributed by atoms with E-state index in [0.717, 1.165) is 5.69 Å². The molecule has 1 aliphatic heterocycles. The van der Waals surface area contributed by atoms with E-state index >= 15 is 0 Å². The number of tetrazole rings is 1. The first-order valence-electron chi connectivity index (χ1n) is 9.14. The van der Waals surface area contributed by atoms with Gasteiger partial charge in [-0.1, -0.05) is 42.1 Å². The molecular weight excluding hydrogens is 388 g/mol. The molecule has 0 spiro atoms. The number of anilines is 2. The van der Waals surface area contributed by atoms with Gasteiger partial charge in [0.05, 0.1) is 22.3 Å². The zero-order valence-corrected chi connectivity index (χ0v) is 17.1. The Balaban J connectivity index is 1.64.